The van der Waals surface area contributed by atoms with Crippen LogP contribution in [-0.4, -0.2) is 17.9 Å². The normalized spacial score (nSPS) is 37.8. The molecule has 3 heteroatoms. The molecule has 37 heavy (non-hydrogen) atoms. The van der Waals surface area contributed by atoms with Gasteiger partial charge in [-0.1, -0.05) is 77.7 Å². The van der Waals surface area contributed by atoms with Crippen LogP contribution in [0.25, 0.3) is 0 Å². The number of fused-ring (bicyclic) bond motifs is 5. The number of rotatable bonds is 7. The molecule has 3 fully saturated rings. The Kier molecular flexibility index (Phi) is 7.46. The van der Waals surface area contributed by atoms with Crippen molar-refractivity contribution in [2.24, 2.45) is 46.3 Å². The van der Waals surface area contributed by atoms with Crippen LogP contribution in [0.1, 0.15) is 109 Å². The molecular formula is C34H48O3. The van der Waals surface area contributed by atoms with Crippen LogP contribution >= 0.6 is 0 Å². The molecule has 0 aliphatic heterocycles. The van der Waals surface area contributed by atoms with E-state index in [0.717, 1.165) is 30.6 Å². The molecule has 3 nitrogen and oxygen atoms in total. The summed E-state index contributed by atoms with van der Waals surface area (Å²) in [6, 6.07) is 9.26. The van der Waals surface area contributed by atoms with Gasteiger partial charge in [0.2, 0.25) is 0 Å². The van der Waals surface area contributed by atoms with E-state index in [9.17, 15) is 9.59 Å². The summed E-state index contributed by atoms with van der Waals surface area (Å²) < 4.78 is 5.92. The Hall–Kier alpha value is -1.90. The average Bonchev–Trinajstić information content (AvgIpc) is 3.22. The van der Waals surface area contributed by atoms with Crippen molar-refractivity contribution in [3.8, 4) is 0 Å². The summed E-state index contributed by atoms with van der Waals surface area (Å²) in [5.41, 5.74) is 2.22. The zero-order valence-corrected chi connectivity index (χ0v) is 23.8. The number of carbonyl (C=O) groups is 2. The SMILES string of the molecule is CC(C)CCC[C@@H](C)C1CC[C@H]2[C@H]3C(=O)C=C4C[C@@H](OC(=O)c5ccccc5)CC[C@]4(C)[C@H]3CC[C@]12C. The second-order valence-corrected chi connectivity index (χ2v) is 13.9. The fourth-order valence-corrected chi connectivity index (χ4v) is 9.29. The van der Waals surface area contributed by atoms with Crippen molar-refractivity contribution in [2.75, 3.05) is 0 Å². The van der Waals surface area contributed by atoms with Gasteiger partial charge in [0, 0.05) is 12.3 Å². The fourth-order valence-electron chi connectivity index (χ4n) is 9.29. The van der Waals surface area contributed by atoms with E-state index in [1.807, 2.05) is 36.4 Å². The van der Waals surface area contributed by atoms with E-state index >= 15 is 0 Å². The molecule has 4 aliphatic carbocycles. The van der Waals surface area contributed by atoms with E-state index in [-0.39, 0.29) is 23.4 Å². The molecule has 0 saturated heterocycles. The summed E-state index contributed by atoms with van der Waals surface area (Å²) in [6.45, 7) is 12.1. The molecule has 0 aromatic heterocycles. The zero-order valence-electron chi connectivity index (χ0n) is 23.8. The smallest absolute Gasteiger partial charge is 0.338 e. The number of hydrogen-bond donors (Lipinski definition) is 0. The Balaban J connectivity index is 1.30. The number of ketones is 1. The lowest BCUT2D eigenvalue weighted by molar-refractivity contribution is -0.135. The van der Waals surface area contributed by atoms with Gasteiger partial charge in [-0.15, -0.1) is 0 Å². The van der Waals surface area contributed by atoms with Gasteiger partial charge in [0.05, 0.1) is 5.56 Å². The number of hydrogen-bond acceptors (Lipinski definition) is 3. The fraction of sp³-hybridized carbons (Fsp3) is 0.706. The average molecular weight is 505 g/mol. The molecule has 0 heterocycles. The minimum atomic E-state index is -0.247. The maximum absolute atomic E-state index is 13.8. The van der Waals surface area contributed by atoms with Gasteiger partial charge in [0.15, 0.2) is 5.78 Å². The first kappa shape index (κ1) is 26.7. The molecule has 202 valence electrons. The Bertz CT molecular complexity index is 1020. The van der Waals surface area contributed by atoms with Gasteiger partial charge in [-0.05, 0) is 97.2 Å². The summed E-state index contributed by atoms with van der Waals surface area (Å²) in [5.74, 6) is 3.57. The third-order valence-electron chi connectivity index (χ3n) is 11.4. The predicted molar refractivity (Wildman–Crippen MR) is 149 cm³/mol. The minimum absolute atomic E-state index is 0.0660. The molecule has 1 aromatic carbocycles. The van der Waals surface area contributed by atoms with Crippen molar-refractivity contribution in [1.29, 1.82) is 0 Å². The van der Waals surface area contributed by atoms with Crippen LogP contribution in [0.15, 0.2) is 42.0 Å². The van der Waals surface area contributed by atoms with Crippen LogP contribution < -0.4 is 0 Å². The van der Waals surface area contributed by atoms with Crippen molar-refractivity contribution in [3.05, 3.63) is 47.5 Å². The summed E-state index contributed by atoms with van der Waals surface area (Å²) in [4.78, 5) is 26.5. The van der Waals surface area contributed by atoms with E-state index in [4.69, 9.17) is 4.74 Å². The highest BCUT2D eigenvalue weighted by atomic mass is 16.5. The number of benzene rings is 1. The first-order chi connectivity index (χ1) is 17.6. The van der Waals surface area contributed by atoms with Gasteiger partial charge < -0.3 is 4.74 Å². The highest BCUT2D eigenvalue weighted by Gasteiger charge is 2.61. The van der Waals surface area contributed by atoms with Crippen LogP contribution in [0.5, 0.6) is 0 Å². The van der Waals surface area contributed by atoms with Gasteiger partial charge in [-0.25, -0.2) is 4.79 Å². The molecule has 1 unspecified atom stereocenters. The Morgan fingerprint density at radius 2 is 1.73 bits per heavy atom. The van der Waals surface area contributed by atoms with Gasteiger partial charge in [0.1, 0.15) is 6.10 Å². The second kappa shape index (κ2) is 10.3. The van der Waals surface area contributed by atoms with E-state index in [1.165, 1.54) is 50.5 Å². The van der Waals surface area contributed by atoms with Gasteiger partial charge in [-0.3, -0.25) is 4.79 Å². The second-order valence-electron chi connectivity index (χ2n) is 13.9. The Morgan fingerprint density at radius 3 is 2.46 bits per heavy atom. The molecular weight excluding hydrogens is 456 g/mol. The quantitative estimate of drug-likeness (QED) is 0.350. The molecule has 4 aliphatic rings. The van der Waals surface area contributed by atoms with Crippen molar-refractivity contribution < 1.29 is 14.3 Å². The van der Waals surface area contributed by atoms with Crippen LogP contribution in [0, 0.1) is 46.3 Å². The highest BCUT2D eigenvalue weighted by Crippen LogP contribution is 2.66. The topological polar surface area (TPSA) is 43.4 Å². The monoisotopic (exact) mass is 504 g/mol. The molecule has 0 N–H and O–H groups in total. The lowest BCUT2D eigenvalue weighted by Gasteiger charge is -2.57. The lowest BCUT2D eigenvalue weighted by Crippen LogP contribution is -2.53. The molecule has 0 spiro atoms. The minimum Gasteiger partial charge on any atom is -0.458 e. The molecule has 8 atom stereocenters. The first-order valence-electron chi connectivity index (χ1n) is 15.1. The maximum atomic E-state index is 13.8. The summed E-state index contributed by atoms with van der Waals surface area (Å²) in [6.07, 6.45) is 13.4. The third-order valence-corrected chi connectivity index (χ3v) is 11.4. The van der Waals surface area contributed by atoms with E-state index in [0.29, 0.717) is 35.0 Å². The van der Waals surface area contributed by atoms with Crippen molar-refractivity contribution in [3.63, 3.8) is 0 Å². The summed E-state index contributed by atoms with van der Waals surface area (Å²) >= 11 is 0. The van der Waals surface area contributed by atoms with Gasteiger partial charge >= 0.3 is 5.97 Å². The van der Waals surface area contributed by atoms with E-state index in [2.05, 4.69) is 34.6 Å². The lowest BCUT2D eigenvalue weighted by atomic mass is 9.46. The summed E-state index contributed by atoms with van der Waals surface area (Å²) in [7, 11) is 0. The largest absolute Gasteiger partial charge is 0.458 e. The molecule has 5 rings (SSSR count). The maximum Gasteiger partial charge on any atom is 0.338 e. The molecule has 0 amide bonds. The number of ether oxygens (including phenoxy) is 1. The van der Waals surface area contributed by atoms with Crippen LogP contribution in [0.3, 0.4) is 0 Å². The third kappa shape index (κ3) is 4.85. The van der Waals surface area contributed by atoms with Crippen LogP contribution in [-0.2, 0) is 9.53 Å². The number of carbonyl (C=O) groups excluding carboxylic acids is 2. The molecule has 1 aromatic rings. The number of esters is 1. The number of allylic oxidation sites excluding steroid dienone is 1. The molecule has 3 saturated carbocycles. The zero-order chi connectivity index (χ0) is 26.4. The molecule has 0 radical (unpaired) electrons. The highest BCUT2D eigenvalue weighted by molar-refractivity contribution is 5.94. The van der Waals surface area contributed by atoms with E-state index < -0.39 is 0 Å². The van der Waals surface area contributed by atoms with Crippen LogP contribution in [0.2, 0.25) is 0 Å². The van der Waals surface area contributed by atoms with Gasteiger partial charge in [0.25, 0.3) is 0 Å². The first-order valence-corrected chi connectivity index (χ1v) is 15.1. The van der Waals surface area contributed by atoms with Gasteiger partial charge in [-0.2, -0.15) is 0 Å². The molecule has 0 bridgehead atoms. The predicted octanol–water partition coefficient (Wildman–Crippen LogP) is 8.43. The van der Waals surface area contributed by atoms with Crippen LogP contribution in [0.4, 0.5) is 0 Å². The Morgan fingerprint density at radius 1 is 0.973 bits per heavy atom. The van der Waals surface area contributed by atoms with Crippen molar-refractivity contribution >= 4 is 11.8 Å². The standard InChI is InChI=1S/C34H48O3/c1-22(2)10-9-11-23(3)27-14-15-28-31-29(17-19-34(27,28)5)33(4)18-16-26(20-25(33)21-30(31)35)37-32(36)24-12-7-6-8-13-24/h6-8,12-13,21-23,26-29,31H,9-11,14-20H2,1-5H3/t23-,26+,27?,28+,29+,31-,33+,34-/m1/s1. The van der Waals surface area contributed by atoms with Crippen molar-refractivity contribution in [2.45, 2.75) is 105 Å². The van der Waals surface area contributed by atoms with E-state index in [1.54, 1.807) is 0 Å². The summed E-state index contributed by atoms with van der Waals surface area (Å²) in [5, 5.41) is 0. The Labute approximate surface area is 224 Å². The van der Waals surface area contributed by atoms with Crippen molar-refractivity contribution in [1.82, 2.24) is 0 Å².